The number of fused-ring (bicyclic) bond motifs is 1. The molecule has 3 aromatic rings. The molecule has 1 aliphatic heterocycles. The molecule has 0 aliphatic carbocycles. The molecule has 0 saturated carbocycles. The summed E-state index contributed by atoms with van der Waals surface area (Å²) in [6.07, 6.45) is 2.63. The predicted octanol–water partition coefficient (Wildman–Crippen LogP) is 3.80. The zero-order valence-corrected chi connectivity index (χ0v) is 17.6. The summed E-state index contributed by atoms with van der Waals surface area (Å²) in [5, 5.41) is 6.62. The highest BCUT2D eigenvalue weighted by Crippen LogP contribution is 2.27. The minimum Gasteiger partial charge on any atom is -0.271 e. The van der Waals surface area contributed by atoms with Crippen molar-refractivity contribution in [1.29, 1.82) is 0 Å². The summed E-state index contributed by atoms with van der Waals surface area (Å²) < 4.78 is 27.2. The van der Waals surface area contributed by atoms with Crippen LogP contribution in [0.2, 0.25) is 5.02 Å². The van der Waals surface area contributed by atoms with Crippen LogP contribution in [0.25, 0.3) is 10.8 Å². The van der Waals surface area contributed by atoms with Crippen LogP contribution in [-0.4, -0.2) is 37.4 Å². The molecule has 0 radical (unpaired) electrons. The van der Waals surface area contributed by atoms with E-state index in [2.05, 4.69) is 10.5 Å². The second kappa shape index (κ2) is 8.55. The van der Waals surface area contributed by atoms with Crippen molar-refractivity contribution in [2.45, 2.75) is 23.8 Å². The number of hydrogen-bond donors (Lipinski definition) is 1. The smallest absolute Gasteiger partial charge is 0.258 e. The van der Waals surface area contributed by atoms with Crippen molar-refractivity contribution in [3.8, 4) is 0 Å². The first-order valence-electron chi connectivity index (χ1n) is 9.55. The van der Waals surface area contributed by atoms with Crippen molar-refractivity contribution < 1.29 is 13.2 Å². The average molecular weight is 442 g/mol. The molecule has 1 atom stereocenters. The van der Waals surface area contributed by atoms with Crippen LogP contribution in [0.5, 0.6) is 0 Å². The molecule has 30 heavy (non-hydrogen) atoms. The van der Waals surface area contributed by atoms with Crippen LogP contribution in [0, 0.1) is 0 Å². The first-order chi connectivity index (χ1) is 14.5. The highest BCUT2D eigenvalue weighted by Gasteiger charge is 2.39. The van der Waals surface area contributed by atoms with E-state index < -0.39 is 22.0 Å². The van der Waals surface area contributed by atoms with Crippen LogP contribution < -0.4 is 5.43 Å². The van der Waals surface area contributed by atoms with E-state index in [1.165, 1.54) is 28.6 Å². The van der Waals surface area contributed by atoms with Crippen LogP contribution >= 0.6 is 11.6 Å². The lowest BCUT2D eigenvalue weighted by Gasteiger charge is -2.22. The number of rotatable bonds is 5. The highest BCUT2D eigenvalue weighted by atomic mass is 35.5. The molecule has 6 nitrogen and oxygen atoms in total. The Labute approximate surface area is 180 Å². The number of sulfonamides is 1. The molecule has 1 fully saturated rings. The zero-order chi connectivity index (χ0) is 21.1. The largest absolute Gasteiger partial charge is 0.271 e. The number of amides is 1. The fraction of sp³-hybridized carbons (Fsp3) is 0.182. The number of benzene rings is 3. The van der Waals surface area contributed by atoms with E-state index in [0.29, 0.717) is 17.9 Å². The Morgan fingerprint density at radius 1 is 1.07 bits per heavy atom. The van der Waals surface area contributed by atoms with Gasteiger partial charge in [-0.25, -0.2) is 13.8 Å². The van der Waals surface area contributed by atoms with Crippen LogP contribution in [0.4, 0.5) is 0 Å². The fourth-order valence-corrected chi connectivity index (χ4v) is 5.42. The van der Waals surface area contributed by atoms with Gasteiger partial charge >= 0.3 is 0 Å². The van der Waals surface area contributed by atoms with E-state index in [1.54, 1.807) is 6.21 Å². The summed E-state index contributed by atoms with van der Waals surface area (Å²) in [6.45, 7) is 0.288. The number of carbonyl (C=O) groups is 1. The number of hydrazone groups is 1. The monoisotopic (exact) mass is 441 g/mol. The van der Waals surface area contributed by atoms with Gasteiger partial charge in [-0.3, -0.25) is 4.79 Å². The van der Waals surface area contributed by atoms with Crippen molar-refractivity contribution >= 4 is 44.5 Å². The quantitative estimate of drug-likeness (QED) is 0.483. The molecule has 154 valence electrons. The number of carbonyl (C=O) groups excluding carboxylic acids is 1. The fourth-order valence-electron chi connectivity index (χ4n) is 3.63. The van der Waals surface area contributed by atoms with Crippen molar-refractivity contribution in [2.24, 2.45) is 5.10 Å². The van der Waals surface area contributed by atoms with E-state index in [9.17, 15) is 13.2 Å². The van der Waals surface area contributed by atoms with Gasteiger partial charge in [0.2, 0.25) is 10.0 Å². The molecule has 0 unspecified atom stereocenters. The third kappa shape index (κ3) is 4.09. The molecule has 1 N–H and O–H groups in total. The van der Waals surface area contributed by atoms with Gasteiger partial charge in [0.05, 0.1) is 11.1 Å². The lowest BCUT2D eigenvalue weighted by molar-refractivity contribution is -0.124. The summed E-state index contributed by atoms with van der Waals surface area (Å²) in [5.41, 5.74) is 3.37. The SMILES string of the molecule is O=C(N/N=C\c1cccc2ccccc12)[C@H]1CCCN1S(=O)(=O)c1ccc(Cl)cc1. The highest BCUT2D eigenvalue weighted by molar-refractivity contribution is 7.89. The van der Waals surface area contributed by atoms with Crippen molar-refractivity contribution in [2.75, 3.05) is 6.54 Å². The minimum atomic E-state index is -3.79. The minimum absolute atomic E-state index is 0.117. The van der Waals surface area contributed by atoms with Gasteiger partial charge in [0, 0.05) is 17.1 Å². The van der Waals surface area contributed by atoms with Gasteiger partial charge in [-0.1, -0.05) is 54.1 Å². The normalized spacial score (nSPS) is 17.6. The van der Waals surface area contributed by atoms with E-state index in [1.807, 2.05) is 42.5 Å². The Kier molecular flexibility index (Phi) is 5.85. The maximum absolute atomic E-state index is 13.0. The molecular formula is C22H20ClN3O3S. The van der Waals surface area contributed by atoms with Gasteiger partial charge in [0.15, 0.2) is 0 Å². The van der Waals surface area contributed by atoms with Crippen LogP contribution in [0.1, 0.15) is 18.4 Å². The average Bonchev–Trinajstić information content (AvgIpc) is 3.25. The molecular weight excluding hydrogens is 422 g/mol. The lowest BCUT2D eigenvalue weighted by Crippen LogP contribution is -2.44. The van der Waals surface area contributed by atoms with Crippen LogP contribution in [0.3, 0.4) is 0 Å². The van der Waals surface area contributed by atoms with Gasteiger partial charge in [0.1, 0.15) is 6.04 Å². The molecule has 1 aliphatic rings. The summed E-state index contributed by atoms with van der Waals surface area (Å²) in [6, 6.07) is 18.9. The van der Waals surface area contributed by atoms with Crippen molar-refractivity contribution in [3.63, 3.8) is 0 Å². The number of hydrogen-bond acceptors (Lipinski definition) is 4. The summed E-state index contributed by atoms with van der Waals surface area (Å²) in [7, 11) is -3.79. The summed E-state index contributed by atoms with van der Waals surface area (Å²) >= 11 is 5.86. The Bertz CT molecular complexity index is 1200. The van der Waals surface area contributed by atoms with Gasteiger partial charge in [-0.05, 0) is 47.9 Å². The van der Waals surface area contributed by atoms with E-state index in [4.69, 9.17) is 11.6 Å². The Hall–Kier alpha value is -2.74. The van der Waals surface area contributed by atoms with Gasteiger partial charge < -0.3 is 0 Å². The predicted molar refractivity (Wildman–Crippen MR) is 118 cm³/mol. The second-order valence-electron chi connectivity index (χ2n) is 7.03. The maximum atomic E-state index is 13.0. The Morgan fingerprint density at radius 3 is 2.60 bits per heavy atom. The first-order valence-corrected chi connectivity index (χ1v) is 11.4. The molecule has 1 heterocycles. The molecule has 0 aromatic heterocycles. The molecule has 4 rings (SSSR count). The molecule has 3 aromatic carbocycles. The number of nitrogens with one attached hydrogen (secondary N) is 1. The molecule has 0 spiro atoms. The summed E-state index contributed by atoms with van der Waals surface area (Å²) in [5.74, 6) is -0.443. The third-order valence-electron chi connectivity index (χ3n) is 5.13. The summed E-state index contributed by atoms with van der Waals surface area (Å²) in [4.78, 5) is 12.8. The van der Waals surface area contributed by atoms with Gasteiger partial charge in [0.25, 0.3) is 5.91 Å². The van der Waals surface area contributed by atoms with E-state index in [-0.39, 0.29) is 11.4 Å². The standard InChI is InChI=1S/C22H20ClN3O3S/c23-18-10-12-19(13-11-18)30(28,29)26-14-4-9-21(26)22(27)25-24-15-17-7-3-6-16-5-1-2-8-20(16)17/h1-3,5-8,10-13,15,21H,4,9,14H2,(H,25,27)/b24-15-/t21-/m1/s1. The Morgan fingerprint density at radius 2 is 1.80 bits per heavy atom. The van der Waals surface area contributed by atoms with E-state index >= 15 is 0 Å². The zero-order valence-electron chi connectivity index (χ0n) is 16.0. The lowest BCUT2D eigenvalue weighted by atomic mass is 10.1. The Balaban J connectivity index is 1.50. The maximum Gasteiger partial charge on any atom is 0.258 e. The third-order valence-corrected chi connectivity index (χ3v) is 7.30. The molecule has 1 amide bonds. The van der Waals surface area contributed by atoms with Crippen molar-refractivity contribution in [1.82, 2.24) is 9.73 Å². The molecule has 1 saturated heterocycles. The van der Waals surface area contributed by atoms with Gasteiger partial charge in [-0.2, -0.15) is 9.41 Å². The molecule has 0 bridgehead atoms. The van der Waals surface area contributed by atoms with Crippen LogP contribution in [0.15, 0.2) is 76.7 Å². The van der Waals surface area contributed by atoms with Gasteiger partial charge in [-0.15, -0.1) is 0 Å². The second-order valence-corrected chi connectivity index (χ2v) is 9.36. The van der Waals surface area contributed by atoms with E-state index in [0.717, 1.165) is 16.3 Å². The van der Waals surface area contributed by atoms with Crippen molar-refractivity contribution in [3.05, 3.63) is 77.3 Å². The number of nitrogens with zero attached hydrogens (tertiary/aromatic N) is 2. The number of halogens is 1. The molecule has 8 heteroatoms. The first kappa shape index (κ1) is 20.5. The topological polar surface area (TPSA) is 78.8 Å². The van der Waals surface area contributed by atoms with Crippen LogP contribution in [-0.2, 0) is 14.8 Å².